The molecule has 0 aliphatic heterocycles. The fourth-order valence-corrected chi connectivity index (χ4v) is 2.22. The number of aryl methyl sites for hydroxylation is 1. The maximum Gasteiger partial charge on any atom is 0.127 e. The van der Waals surface area contributed by atoms with Gasteiger partial charge in [0.15, 0.2) is 0 Å². The molecule has 0 aliphatic rings. The maximum atomic E-state index is 13.3. The van der Waals surface area contributed by atoms with Crippen LogP contribution < -0.4 is 4.74 Å². The molecule has 1 nitrogen and oxygen atoms in total. The lowest BCUT2D eigenvalue weighted by molar-refractivity contribution is 0.309. The molecule has 0 N–H and O–H groups in total. The zero-order valence-electron chi connectivity index (χ0n) is 10.6. The van der Waals surface area contributed by atoms with Crippen molar-refractivity contribution in [1.29, 1.82) is 0 Å². The van der Waals surface area contributed by atoms with Gasteiger partial charge in [-0.2, -0.15) is 0 Å². The van der Waals surface area contributed by atoms with E-state index >= 15 is 0 Å². The van der Waals surface area contributed by atoms with Crippen molar-refractivity contribution in [3.8, 4) is 5.75 Å². The van der Waals surface area contributed by atoms with E-state index in [2.05, 4.69) is 28.1 Å². The van der Waals surface area contributed by atoms with Crippen LogP contribution >= 0.6 is 15.9 Å². The highest BCUT2D eigenvalue weighted by molar-refractivity contribution is 9.08. The Morgan fingerprint density at radius 3 is 2.53 bits per heavy atom. The zero-order chi connectivity index (χ0) is 13.5. The Morgan fingerprint density at radius 1 is 1.00 bits per heavy atom. The second-order valence-electron chi connectivity index (χ2n) is 4.37. The molecule has 0 radical (unpaired) electrons. The van der Waals surface area contributed by atoms with Crippen LogP contribution in [-0.4, -0.2) is 6.61 Å². The number of halogens is 2. The van der Waals surface area contributed by atoms with Crippen LogP contribution in [0.15, 0.2) is 48.5 Å². The van der Waals surface area contributed by atoms with Crippen molar-refractivity contribution in [2.75, 3.05) is 6.61 Å². The quantitative estimate of drug-likeness (QED) is 0.551. The molecule has 0 saturated heterocycles. The largest absolute Gasteiger partial charge is 0.493 e. The summed E-state index contributed by atoms with van der Waals surface area (Å²) in [4.78, 5) is 0. The minimum atomic E-state index is -0.255. The molecule has 3 heteroatoms. The van der Waals surface area contributed by atoms with Crippen molar-refractivity contribution in [2.24, 2.45) is 0 Å². The van der Waals surface area contributed by atoms with Gasteiger partial charge in [0.1, 0.15) is 11.6 Å². The summed E-state index contributed by atoms with van der Waals surface area (Å²) >= 11 is 3.32. The van der Waals surface area contributed by atoms with E-state index in [-0.39, 0.29) is 5.82 Å². The van der Waals surface area contributed by atoms with Crippen molar-refractivity contribution in [2.45, 2.75) is 18.2 Å². The van der Waals surface area contributed by atoms with E-state index < -0.39 is 0 Å². The number of rotatable bonds is 6. The summed E-state index contributed by atoms with van der Waals surface area (Å²) in [6.07, 6.45) is 1.89. The number of hydrogen-bond acceptors (Lipinski definition) is 1. The summed E-state index contributed by atoms with van der Waals surface area (Å²) in [5.74, 6) is 0.345. The summed E-state index contributed by atoms with van der Waals surface area (Å²) in [5, 5.41) is 0.630. The van der Waals surface area contributed by atoms with Crippen LogP contribution in [0.25, 0.3) is 0 Å². The molecule has 0 aromatic heterocycles. The van der Waals surface area contributed by atoms with E-state index in [1.165, 1.54) is 17.7 Å². The van der Waals surface area contributed by atoms with Gasteiger partial charge in [-0.1, -0.05) is 46.3 Å². The predicted molar refractivity (Wildman–Crippen MR) is 79.3 cm³/mol. The normalized spacial score (nSPS) is 10.4. The molecule has 0 unspecified atom stereocenters. The van der Waals surface area contributed by atoms with Gasteiger partial charge in [-0.15, -0.1) is 0 Å². The van der Waals surface area contributed by atoms with Gasteiger partial charge in [-0.25, -0.2) is 4.39 Å². The number of benzene rings is 2. The van der Waals surface area contributed by atoms with Gasteiger partial charge in [0.05, 0.1) is 6.61 Å². The van der Waals surface area contributed by atoms with Crippen LogP contribution in [0.4, 0.5) is 4.39 Å². The van der Waals surface area contributed by atoms with Gasteiger partial charge < -0.3 is 4.74 Å². The number of alkyl halides is 1. The molecule has 0 fully saturated rings. The van der Waals surface area contributed by atoms with E-state index in [9.17, 15) is 4.39 Å². The molecule has 19 heavy (non-hydrogen) atoms. The van der Waals surface area contributed by atoms with E-state index in [1.807, 2.05) is 24.3 Å². The highest BCUT2D eigenvalue weighted by Gasteiger charge is 2.01. The third-order valence-corrected chi connectivity index (χ3v) is 3.45. The monoisotopic (exact) mass is 322 g/mol. The molecule has 0 spiro atoms. The smallest absolute Gasteiger partial charge is 0.127 e. The molecule has 2 aromatic carbocycles. The van der Waals surface area contributed by atoms with Gasteiger partial charge >= 0.3 is 0 Å². The summed E-state index contributed by atoms with van der Waals surface area (Å²) in [7, 11) is 0. The molecule has 0 atom stereocenters. The average Bonchev–Trinajstić information content (AvgIpc) is 2.44. The fraction of sp³-hybridized carbons (Fsp3) is 0.250. The highest BCUT2D eigenvalue weighted by atomic mass is 79.9. The highest BCUT2D eigenvalue weighted by Crippen LogP contribution is 2.18. The lowest BCUT2D eigenvalue weighted by Crippen LogP contribution is -2.00. The molecule has 0 bridgehead atoms. The topological polar surface area (TPSA) is 9.23 Å². The first-order valence-electron chi connectivity index (χ1n) is 6.30. The molecule has 100 valence electrons. The van der Waals surface area contributed by atoms with E-state index in [4.69, 9.17) is 4.74 Å². The Morgan fingerprint density at radius 2 is 1.79 bits per heavy atom. The van der Waals surface area contributed by atoms with Gasteiger partial charge in [0.2, 0.25) is 0 Å². The molecule has 2 aromatic rings. The van der Waals surface area contributed by atoms with Crippen LogP contribution in [0.2, 0.25) is 0 Å². The zero-order valence-corrected chi connectivity index (χ0v) is 12.2. The second-order valence-corrected chi connectivity index (χ2v) is 4.93. The third-order valence-electron chi connectivity index (χ3n) is 2.81. The van der Waals surface area contributed by atoms with Crippen LogP contribution in [0.5, 0.6) is 5.75 Å². The standard InChI is InChI=1S/C16H16BrFO/c17-12-14-9-15(18)11-16(10-14)19-8-4-7-13-5-2-1-3-6-13/h1-3,5-6,9-11H,4,7-8,12H2. The summed E-state index contributed by atoms with van der Waals surface area (Å²) in [6, 6.07) is 15.1. The van der Waals surface area contributed by atoms with E-state index in [1.54, 1.807) is 0 Å². The van der Waals surface area contributed by atoms with Crippen LogP contribution in [0, 0.1) is 5.82 Å². The SMILES string of the molecule is Fc1cc(CBr)cc(OCCCc2ccccc2)c1. The minimum Gasteiger partial charge on any atom is -0.493 e. The molecular weight excluding hydrogens is 307 g/mol. The fourth-order valence-electron chi connectivity index (χ4n) is 1.89. The lowest BCUT2D eigenvalue weighted by atomic mass is 10.1. The Hall–Kier alpha value is -1.35. The van der Waals surface area contributed by atoms with E-state index in [0.29, 0.717) is 17.7 Å². The summed E-state index contributed by atoms with van der Waals surface area (Å²) in [6.45, 7) is 0.597. The van der Waals surface area contributed by atoms with Gasteiger partial charge in [-0.05, 0) is 36.1 Å². The first-order valence-corrected chi connectivity index (χ1v) is 7.42. The molecule has 0 heterocycles. The van der Waals surface area contributed by atoms with Gasteiger partial charge in [0.25, 0.3) is 0 Å². The van der Waals surface area contributed by atoms with Crippen molar-refractivity contribution in [3.05, 3.63) is 65.5 Å². The second kappa shape index (κ2) is 7.29. The maximum absolute atomic E-state index is 13.3. The van der Waals surface area contributed by atoms with Gasteiger partial charge in [-0.3, -0.25) is 0 Å². The summed E-state index contributed by atoms with van der Waals surface area (Å²) in [5.41, 5.74) is 2.18. The van der Waals surface area contributed by atoms with Crippen molar-refractivity contribution < 1.29 is 9.13 Å². The lowest BCUT2D eigenvalue weighted by Gasteiger charge is -2.08. The van der Waals surface area contributed by atoms with Crippen molar-refractivity contribution in [3.63, 3.8) is 0 Å². The number of ether oxygens (including phenoxy) is 1. The first-order chi connectivity index (χ1) is 9.28. The Bertz CT molecular complexity index is 513. The van der Waals surface area contributed by atoms with Crippen molar-refractivity contribution >= 4 is 15.9 Å². The molecule has 0 aliphatic carbocycles. The minimum absolute atomic E-state index is 0.255. The Kier molecular flexibility index (Phi) is 5.40. The Labute approximate surface area is 121 Å². The van der Waals surface area contributed by atoms with Crippen LogP contribution in [0.1, 0.15) is 17.5 Å². The van der Waals surface area contributed by atoms with Gasteiger partial charge in [0, 0.05) is 11.4 Å². The Balaban J connectivity index is 1.81. The number of hydrogen-bond donors (Lipinski definition) is 0. The predicted octanol–water partition coefficient (Wildman–Crippen LogP) is 4.73. The third kappa shape index (κ3) is 4.67. The van der Waals surface area contributed by atoms with E-state index in [0.717, 1.165) is 18.4 Å². The van der Waals surface area contributed by atoms with Crippen molar-refractivity contribution in [1.82, 2.24) is 0 Å². The first kappa shape index (κ1) is 14.1. The molecule has 2 rings (SSSR count). The summed E-state index contributed by atoms with van der Waals surface area (Å²) < 4.78 is 18.9. The van der Waals surface area contributed by atoms with Crippen LogP contribution in [-0.2, 0) is 11.8 Å². The molecular formula is C16H16BrFO. The molecule has 0 saturated carbocycles. The molecule has 0 amide bonds. The van der Waals surface area contributed by atoms with Crippen LogP contribution in [0.3, 0.4) is 0 Å². The average molecular weight is 323 g/mol.